The van der Waals surface area contributed by atoms with E-state index < -0.39 is 21.8 Å². The molecular formula is C16H14Cl2N4O4S. The molecular weight excluding hydrogens is 415 g/mol. The van der Waals surface area contributed by atoms with Crippen molar-refractivity contribution in [3.63, 3.8) is 0 Å². The van der Waals surface area contributed by atoms with E-state index in [4.69, 9.17) is 23.2 Å². The van der Waals surface area contributed by atoms with Crippen molar-refractivity contribution in [2.45, 2.75) is 23.8 Å². The topological polar surface area (TPSA) is 117 Å². The number of carbonyl (C=O) groups excluding carboxylic acids is 2. The molecule has 0 unspecified atom stereocenters. The average Bonchev–Trinajstić information content (AvgIpc) is 3.43. The molecule has 3 N–H and O–H groups in total. The smallest absolute Gasteiger partial charge is 0.267 e. The number of rotatable bonds is 5. The van der Waals surface area contributed by atoms with Crippen LogP contribution in [0.2, 0.25) is 10.0 Å². The lowest BCUT2D eigenvalue weighted by atomic mass is 10.2. The first-order valence-corrected chi connectivity index (χ1v) is 10.0. The first kappa shape index (κ1) is 19.6. The van der Waals surface area contributed by atoms with Gasteiger partial charge in [-0.15, -0.1) is 0 Å². The summed E-state index contributed by atoms with van der Waals surface area (Å²) in [4.78, 5) is 27.8. The van der Waals surface area contributed by atoms with E-state index in [2.05, 4.69) is 20.6 Å². The van der Waals surface area contributed by atoms with E-state index in [0.717, 1.165) is 18.9 Å². The lowest BCUT2D eigenvalue weighted by Gasteiger charge is -2.12. The van der Waals surface area contributed by atoms with Crippen molar-refractivity contribution in [1.29, 1.82) is 0 Å². The molecule has 3 rings (SSSR count). The van der Waals surface area contributed by atoms with Crippen molar-refractivity contribution in [2.75, 3.05) is 0 Å². The summed E-state index contributed by atoms with van der Waals surface area (Å²) in [7, 11) is -3.89. The number of sulfonamides is 1. The Morgan fingerprint density at radius 3 is 2.41 bits per heavy atom. The lowest BCUT2D eigenvalue weighted by molar-refractivity contribution is 0.0846. The normalized spacial score (nSPS) is 13.9. The summed E-state index contributed by atoms with van der Waals surface area (Å²) < 4.78 is 27.3. The van der Waals surface area contributed by atoms with Gasteiger partial charge < -0.3 is 0 Å². The Morgan fingerprint density at radius 2 is 1.78 bits per heavy atom. The number of carbonyl (C=O) groups is 2. The number of amides is 2. The van der Waals surface area contributed by atoms with E-state index in [1.165, 1.54) is 24.5 Å². The second-order valence-corrected chi connectivity index (χ2v) is 8.30. The van der Waals surface area contributed by atoms with Crippen molar-refractivity contribution in [1.82, 2.24) is 20.6 Å². The fraction of sp³-hybridized carbons (Fsp3) is 0.188. The number of hydrazine groups is 1. The van der Waals surface area contributed by atoms with E-state index >= 15 is 0 Å². The Labute approximate surface area is 165 Å². The molecule has 1 saturated carbocycles. The lowest BCUT2D eigenvalue weighted by Crippen LogP contribution is -2.41. The Morgan fingerprint density at radius 1 is 1.07 bits per heavy atom. The molecule has 142 valence electrons. The standard InChI is InChI=1S/C16H14Cl2N4O4S/c17-12-7-13(18)14(27(25,26)22-10-3-4-10)6-11(12)16(24)21-20-15(23)9-2-1-5-19-8-9/h1-2,5-8,10,22H,3-4H2,(H,20,23)(H,21,24). The van der Waals surface area contributed by atoms with Crippen LogP contribution in [0.4, 0.5) is 0 Å². The molecule has 0 bridgehead atoms. The molecule has 1 aliphatic carbocycles. The van der Waals surface area contributed by atoms with Crippen molar-refractivity contribution in [3.05, 3.63) is 57.8 Å². The second-order valence-electron chi connectivity index (χ2n) is 5.81. The van der Waals surface area contributed by atoms with Crippen LogP contribution in [0.15, 0.2) is 41.6 Å². The van der Waals surface area contributed by atoms with Gasteiger partial charge in [0.05, 0.1) is 21.2 Å². The van der Waals surface area contributed by atoms with Crippen LogP contribution in [-0.4, -0.2) is 31.3 Å². The van der Waals surface area contributed by atoms with Gasteiger partial charge in [0.2, 0.25) is 10.0 Å². The van der Waals surface area contributed by atoms with Crippen molar-refractivity contribution < 1.29 is 18.0 Å². The van der Waals surface area contributed by atoms with E-state index in [1.807, 2.05) is 0 Å². The number of aromatic nitrogens is 1. The highest BCUT2D eigenvalue weighted by molar-refractivity contribution is 7.89. The third-order valence-corrected chi connectivity index (χ3v) is 5.97. The third kappa shape index (κ3) is 4.75. The van der Waals surface area contributed by atoms with Gasteiger partial charge in [0, 0.05) is 18.4 Å². The number of nitrogens with zero attached hydrogens (tertiary/aromatic N) is 1. The first-order chi connectivity index (χ1) is 12.8. The van der Waals surface area contributed by atoms with Gasteiger partial charge in [-0.3, -0.25) is 25.4 Å². The highest BCUT2D eigenvalue weighted by atomic mass is 35.5. The van der Waals surface area contributed by atoms with Gasteiger partial charge in [-0.1, -0.05) is 23.2 Å². The summed E-state index contributed by atoms with van der Waals surface area (Å²) in [5, 5.41) is -0.164. The summed E-state index contributed by atoms with van der Waals surface area (Å²) in [6.45, 7) is 0. The third-order valence-electron chi connectivity index (χ3n) is 3.67. The second kappa shape index (κ2) is 7.81. The van der Waals surface area contributed by atoms with Crippen LogP contribution in [0.25, 0.3) is 0 Å². The zero-order valence-electron chi connectivity index (χ0n) is 13.7. The Kier molecular flexibility index (Phi) is 5.66. The molecule has 1 aromatic heterocycles. The van der Waals surface area contributed by atoms with Crippen molar-refractivity contribution in [2.24, 2.45) is 0 Å². The number of nitrogens with one attached hydrogen (secondary N) is 3. The molecule has 27 heavy (non-hydrogen) atoms. The Bertz CT molecular complexity index is 995. The predicted octanol–water partition coefficient (Wildman–Crippen LogP) is 1.90. The maximum Gasteiger partial charge on any atom is 0.271 e. The first-order valence-electron chi connectivity index (χ1n) is 7.80. The van der Waals surface area contributed by atoms with Gasteiger partial charge in [0.15, 0.2) is 0 Å². The van der Waals surface area contributed by atoms with Crippen LogP contribution >= 0.6 is 23.2 Å². The maximum absolute atomic E-state index is 12.4. The predicted molar refractivity (Wildman–Crippen MR) is 99.0 cm³/mol. The van der Waals surface area contributed by atoms with Gasteiger partial charge in [0.1, 0.15) is 4.90 Å². The monoisotopic (exact) mass is 428 g/mol. The SMILES string of the molecule is O=C(NNC(=O)c1cc(S(=O)(=O)NC2CC2)c(Cl)cc1Cl)c1cccnc1. The van der Waals surface area contributed by atoms with Crippen LogP contribution in [0.3, 0.4) is 0 Å². The summed E-state index contributed by atoms with van der Waals surface area (Å²) in [6, 6.07) is 5.19. The molecule has 2 amide bonds. The number of hydrogen-bond donors (Lipinski definition) is 3. The number of hydrogen-bond acceptors (Lipinski definition) is 5. The van der Waals surface area contributed by atoms with Crippen LogP contribution < -0.4 is 15.6 Å². The van der Waals surface area contributed by atoms with Crippen LogP contribution in [0, 0.1) is 0 Å². The molecule has 0 atom stereocenters. The highest BCUT2D eigenvalue weighted by Crippen LogP contribution is 2.30. The summed E-state index contributed by atoms with van der Waals surface area (Å²) in [5.74, 6) is -1.39. The molecule has 1 fully saturated rings. The minimum absolute atomic E-state index is 0.0569. The fourth-order valence-electron chi connectivity index (χ4n) is 2.14. The van der Waals surface area contributed by atoms with Gasteiger partial charge in [0.25, 0.3) is 11.8 Å². The zero-order valence-corrected chi connectivity index (χ0v) is 16.0. The Hall–Kier alpha value is -2.20. The summed E-state index contributed by atoms with van der Waals surface area (Å²) in [6.07, 6.45) is 4.32. The molecule has 2 aromatic rings. The summed E-state index contributed by atoms with van der Waals surface area (Å²) in [5.41, 5.74) is 4.47. The quantitative estimate of drug-likeness (QED) is 0.628. The molecule has 11 heteroatoms. The number of pyridine rings is 1. The Balaban J connectivity index is 1.78. The minimum Gasteiger partial charge on any atom is -0.267 e. The molecule has 0 radical (unpaired) electrons. The molecule has 1 heterocycles. The fourth-order valence-corrected chi connectivity index (χ4v) is 4.31. The van der Waals surface area contributed by atoms with Crippen LogP contribution in [0.1, 0.15) is 33.6 Å². The van der Waals surface area contributed by atoms with Gasteiger partial charge >= 0.3 is 0 Å². The molecule has 0 spiro atoms. The molecule has 0 aliphatic heterocycles. The molecule has 8 nitrogen and oxygen atoms in total. The zero-order chi connectivity index (χ0) is 19.6. The van der Waals surface area contributed by atoms with Crippen LogP contribution in [0.5, 0.6) is 0 Å². The average molecular weight is 429 g/mol. The molecule has 1 aliphatic rings. The largest absolute Gasteiger partial charge is 0.271 e. The maximum atomic E-state index is 12.4. The molecule has 0 saturated heterocycles. The van der Waals surface area contributed by atoms with Crippen molar-refractivity contribution >= 4 is 45.0 Å². The number of halogens is 2. The van der Waals surface area contributed by atoms with Gasteiger partial charge in [-0.25, -0.2) is 13.1 Å². The van der Waals surface area contributed by atoms with E-state index in [1.54, 1.807) is 6.07 Å². The van der Waals surface area contributed by atoms with E-state index in [0.29, 0.717) is 0 Å². The van der Waals surface area contributed by atoms with Gasteiger partial charge in [-0.05, 0) is 37.1 Å². The summed E-state index contributed by atoms with van der Waals surface area (Å²) >= 11 is 12.0. The van der Waals surface area contributed by atoms with E-state index in [9.17, 15) is 18.0 Å². The highest BCUT2D eigenvalue weighted by Gasteiger charge is 2.30. The van der Waals surface area contributed by atoms with E-state index in [-0.39, 0.29) is 32.1 Å². The molecule has 1 aromatic carbocycles. The number of benzene rings is 1. The van der Waals surface area contributed by atoms with Crippen LogP contribution in [-0.2, 0) is 10.0 Å². The van der Waals surface area contributed by atoms with Gasteiger partial charge in [-0.2, -0.15) is 0 Å². The minimum atomic E-state index is -3.89. The van der Waals surface area contributed by atoms with Crippen molar-refractivity contribution in [3.8, 4) is 0 Å².